The van der Waals surface area contributed by atoms with Crippen LogP contribution in [-0.2, 0) is 4.57 Å². The Hall–Kier alpha value is 1.02. The summed E-state index contributed by atoms with van der Waals surface area (Å²) in [6.07, 6.45) is 0. The average molecular weight is 134 g/mol. The van der Waals surface area contributed by atoms with E-state index in [4.69, 9.17) is 14.4 Å². The van der Waals surface area contributed by atoms with E-state index in [-0.39, 0.29) is 29.6 Å². The van der Waals surface area contributed by atoms with Crippen LogP contribution in [0.15, 0.2) is 0 Å². The van der Waals surface area contributed by atoms with Crippen LogP contribution in [0.2, 0.25) is 0 Å². The molecule has 0 saturated carbocycles. The first kappa shape index (κ1) is 15.7. The van der Waals surface area contributed by atoms with Gasteiger partial charge in [0.25, 0.3) is 0 Å². The zero-order chi connectivity index (χ0) is 5.58. The van der Waals surface area contributed by atoms with Crippen LogP contribution in [0.25, 0.3) is 0 Å². The first-order chi connectivity index (χ1) is 2.73. The van der Waals surface area contributed by atoms with Crippen LogP contribution in [0.1, 0.15) is 13.8 Å². The fourth-order valence-electron chi connectivity index (χ4n) is 0. The number of hydrogen-bond acceptors (Lipinski definition) is 1. The standard InChI is InChI=1S/C2H6.Na.HO3P/c1-2;;1-4(2)3/h1-2H3;;(H-,1,2,3)/p+1. The van der Waals surface area contributed by atoms with Crippen LogP contribution in [0, 0.1) is 0 Å². The van der Waals surface area contributed by atoms with E-state index in [9.17, 15) is 0 Å². The van der Waals surface area contributed by atoms with E-state index < -0.39 is 8.25 Å². The van der Waals surface area contributed by atoms with Crippen molar-refractivity contribution < 1.29 is 14.4 Å². The van der Waals surface area contributed by atoms with Crippen molar-refractivity contribution in [3.05, 3.63) is 0 Å². The van der Waals surface area contributed by atoms with Crippen molar-refractivity contribution in [2.24, 2.45) is 0 Å². The molecule has 0 amide bonds. The molecule has 0 aromatic rings. The maximum Gasteiger partial charge on any atom is 0.692 e. The van der Waals surface area contributed by atoms with Crippen LogP contribution < -0.4 is 0 Å². The smallest absolute Gasteiger partial charge is 0.134 e. The predicted molar refractivity (Wildman–Crippen MR) is 29.1 cm³/mol. The molecule has 0 aromatic carbocycles. The Labute approximate surface area is 66.0 Å². The van der Waals surface area contributed by atoms with Gasteiger partial charge >= 0.3 is 8.25 Å². The third kappa shape index (κ3) is 170. The van der Waals surface area contributed by atoms with E-state index >= 15 is 0 Å². The second-order valence-electron chi connectivity index (χ2n) is 0.253. The average Bonchev–Trinajstić information content (AvgIpc) is 1.41. The quantitative estimate of drug-likeness (QED) is 0.369. The summed E-state index contributed by atoms with van der Waals surface area (Å²) in [5.74, 6) is 0. The van der Waals surface area contributed by atoms with Crippen LogP contribution in [0.4, 0.5) is 0 Å². The monoisotopic (exact) mass is 134 g/mol. The maximum atomic E-state index is 8.70. The van der Waals surface area contributed by atoms with E-state index in [0.717, 1.165) is 0 Å². The first-order valence-corrected chi connectivity index (χ1v) is 2.75. The Kier molecular flexibility index (Phi) is 35.3. The van der Waals surface area contributed by atoms with Crippen LogP contribution in [0.5, 0.6) is 0 Å². The van der Waals surface area contributed by atoms with Crippen molar-refractivity contribution in [1.29, 1.82) is 0 Å². The molecule has 0 aliphatic heterocycles. The minimum atomic E-state index is -2.87. The first-order valence-electron chi connectivity index (χ1n) is 1.58. The summed E-state index contributed by atoms with van der Waals surface area (Å²) < 4.78 is 8.70. The molecule has 0 bridgehead atoms. The van der Waals surface area contributed by atoms with Gasteiger partial charge in [-0.25, -0.2) is 0 Å². The summed E-state index contributed by atoms with van der Waals surface area (Å²) >= 11 is 0. The summed E-state index contributed by atoms with van der Waals surface area (Å²) in [6.45, 7) is 4.00. The van der Waals surface area contributed by atoms with Crippen molar-refractivity contribution in [2.75, 3.05) is 0 Å². The number of hydrogen-bond donors (Lipinski definition) is 2. The molecular formula is C2H8NaO3P+. The Morgan fingerprint density at radius 2 is 1.29 bits per heavy atom. The molecule has 0 spiro atoms. The normalized spacial score (nSPS) is 4.57. The van der Waals surface area contributed by atoms with Gasteiger partial charge in [0.1, 0.15) is 0 Å². The van der Waals surface area contributed by atoms with Crippen molar-refractivity contribution in [2.45, 2.75) is 13.8 Å². The van der Waals surface area contributed by atoms with E-state index in [1.54, 1.807) is 0 Å². The summed E-state index contributed by atoms with van der Waals surface area (Å²) in [5.41, 5.74) is 0. The third-order valence-electron chi connectivity index (χ3n) is 0. The molecule has 0 saturated heterocycles. The fraction of sp³-hybridized carbons (Fsp3) is 1.00. The Morgan fingerprint density at radius 3 is 1.29 bits per heavy atom. The van der Waals surface area contributed by atoms with Crippen LogP contribution in [-0.4, -0.2) is 39.3 Å². The van der Waals surface area contributed by atoms with Crippen LogP contribution >= 0.6 is 8.25 Å². The van der Waals surface area contributed by atoms with Gasteiger partial charge in [-0.1, -0.05) is 13.8 Å². The van der Waals surface area contributed by atoms with Gasteiger partial charge < -0.3 is 0 Å². The molecule has 0 aromatic heterocycles. The second kappa shape index (κ2) is 15.7. The van der Waals surface area contributed by atoms with E-state index in [2.05, 4.69) is 0 Å². The van der Waals surface area contributed by atoms with Gasteiger partial charge in [0.15, 0.2) is 0 Å². The van der Waals surface area contributed by atoms with Crippen LogP contribution in [0.3, 0.4) is 0 Å². The van der Waals surface area contributed by atoms with E-state index in [1.165, 1.54) is 0 Å². The molecular weight excluding hydrogens is 126 g/mol. The van der Waals surface area contributed by atoms with Gasteiger partial charge in [0.05, 0.1) is 0 Å². The van der Waals surface area contributed by atoms with Crippen molar-refractivity contribution in [3.63, 3.8) is 0 Å². The molecule has 7 heavy (non-hydrogen) atoms. The molecule has 3 nitrogen and oxygen atoms in total. The zero-order valence-corrected chi connectivity index (χ0v) is 7.64. The summed E-state index contributed by atoms with van der Waals surface area (Å²) in [7, 11) is -2.87. The van der Waals surface area contributed by atoms with Crippen molar-refractivity contribution in [1.82, 2.24) is 0 Å². The Morgan fingerprint density at radius 1 is 1.29 bits per heavy atom. The van der Waals surface area contributed by atoms with Crippen molar-refractivity contribution >= 4 is 37.8 Å². The maximum absolute atomic E-state index is 8.70. The van der Waals surface area contributed by atoms with Gasteiger partial charge in [-0.05, 0) is 0 Å². The molecule has 0 rings (SSSR count). The van der Waals surface area contributed by atoms with E-state index in [1.807, 2.05) is 13.8 Å². The predicted octanol–water partition coefficient (Wildman–Crippen LogP) is 0.274. The molecule has 5 heteroatoms. The van der Waals surface area contributed by atoms with Gasteiger partial charge in [-0.2, -0.15) is 0 Å². The molecule has 0 atom stereocenters. The molecule has 39 valence electrons. The minimum absolute atomic E-state index is 0. The fourth-order valence-corrected chi connectivity index (χ4v) is 0. The Bertz CT molecular complexity index is 35.9. The summed E-state index contributed by atoms with van der Waals surface area (Å²) in [6, 6.07) is 0. The molecule has 0 aliphatic rings. The molecule has 0 unspecified atom stereocenters. The third-order valence-corrected chi connectivity index (χ3v) is 0. The largest absolute Gasteiger partial charge is 0.692 e. The minimum Gasteiger partial charge on any atom is -0.134 e. The van der Waals surface area contributed by atoms with Gasteiger partial charge in [0.2, 0.25) is 0 Å². The summed E-state index contributed by atoms with van der Waals surface area (Å²) in [5, 5.41) is 0. The topological polar surface area (TPSA) is 57.5 Å². The molecule has 0 heterocycles. The Balaban J connectivity index is -0.0000000480. The number of rotatable bonds is 0. The zero-order valence-electron chi connectivity index (χ0n) is 4.75. The van der Waals surface area contributed by atoms with Gasteiger partial charge in [-0.15, -0.1) is 9.79 Å². The van der Waals surface area contributed by atoms with Gasteiger partial charge in [0, 0.05) is 34.1 Å². The van der Waals surface area contributed by atoms with Crippen molar-refractivity contribution in [3.8, 4) is 0 Å². The van der Waals surface area contributed by atoms with Gasteiger partial charge in [-0.3, -0.25) is 0 Å². The van der Waals surface area contributed by atoms with E-state index in [0.29, 0.717) is 0 Å². The molecule has 0 fully saturated rings. The molecule has 2 N–H and O–H groups in total. The molecule has 1 radical (unpaired) electrons. The SMILES string of the molecule is CC.O=[P+](O)O.[Na]. The second-order valence-corrected chi connectivity index (χ2v) is 0.758. The molecule has 0 aliphatic carbocycles. The summed E-state index contributed by atoms with van der Waals surface area (Å²) in [4.78, 5) is 14.2.